The first kappa shape index (κ1) is 14.5. The van der Waals surface area contributed by atoms with Gasteiger partial charge in [-0.05, 0) is 17.8 Å². The van der Waals surface area contributed by atoms with Gasteiger partial charge in [-0.25, -0.2) is 9.59 Å². The standard InChI is InChI=1S/C12H20N2O4/c1-7(2)12(3,4)5-6-14-8(9(13)15)10(16)18-11(14)17/h7-8H,5-6H2,1-4H3,(H2,13,15). The third kappa shape index (κ3) is 2.80. The van der Waals surface area contributed by atoms with Crippen LogP contribution < -0.4 is 5.73 Å². The summed E-state index contributed by atoms with van der Waals surface area (Å²) in [6, 6.07) is -1.28. The van der Waals surface area contributed by atoms with Crippen LogP contribution in [0.3, 0.4) is 0 Å². The molecule has 1 saturated heterocycles. The summed E-state index contributed by atoms with van der Waals surface area (Å²) >= 11 is 0. The number of hydrogen-bond acceptors (Lipinski definition) is 4. The number of nitrogens with two attached hydrogens (primary N) is 1. The highest BCUT2D eigenvalue weighted by molar-refractivity contribution is 6.10. The smallest absolute Gasteiger partial charge is 0.374 e. The van der Waals surface area contributed by atoms with Crippen molar-refractivity contribution < 1.29 is 19.1 Å². The molecule has 0 radical (unpaired) electrons. The van der Waals surface area contributed by atoms with E-state index in [0.717, 1.165) is 4.90 Å². The zero-order chi connectivity index (χ0) is 14.1. The van der Waals surface area contributed by atoms with Crippen LogP contribution in [0, 0.1) is 11.3 Å². The molecule has 1 unspecified atom stereocenters. The second-order valence-corrected chi connectivity index (χ2v) is 5.58. The molecule has 0 aromatic heterocycles. The molecule has 2 N–H and O–H groups in total. The molecule has 0 bridgehead atoms. The Labute approximate surface area is 106 Å². The van der Waals surface area contributed by atoms with Crippen molar-refractivity contribution in [3.8, 4) is 0 Å². The van der Waals surface area contributed by atoms with Gasteiger partial charge in [0.25, 0.3) is 5.91 Å². The predicted octanol–water partition coefficient (Wildman–Crippen LogP) is 0.891. The van der Waals surface area contributed by atoms with Gasteiger partial charge in [-0.2, -0.15) is 0 Å². The summed E-state index contributed by atoms with van der Waals surface area (Å²) in [5, 5.41) is 0. The molecule has 0 aromatic rings. The summed E-state index contributed by atoms with van der Waals surface area (Å²) < 4.78 is 4.42. The van der Waals surface area contributed by atoms with Crippen molar-refractivity contribution >= 4 is 18.0 Å². The Balaban J connectivity index is 2.74. The minimum atomic E-state index is -1.28. The van der Waals surface area contributed by atoms with Crippen LogP contribution in [0.15, 0.2) is 0 Å². The lowest BCUT2D eigenvalue weighted by atomic mass is 9.78. The number of hydrogen-bond donors (Lipinski definition) is 1. The van der Waals surface area contributed by atoms with Gasteiger partial charge in [0.2, 0.25) is 6.04 Å². The highest BCUT2D eigenvalue weighted by Gasteiger charge is 2.45. The lowest BCUT2D eigenvalue weighted by Crippen LogP contribution is -2.46. The second-order valence-electron chi connectivity index (χ2n) is 5.58. The molecule has 1 rings (SSSR count). The van der Waals surface area contributed by atoms with E-state index in [2.05, 4.69) is 32.4 Å². The molecule has 0 aliphatic carbocycles. The fourth-order valence-corrected chi connectivity index (χ4v) is 1.62. The Kier molecular flexibility index (Phi) is 3.98. The molecule has 1 heterocycles. The Morgan fingerprint density at radius 2 is 2.00 bits per heavy atom. The van der Waals surface area contributed by atoms with E-state index in [0.29, 0.717) is 12.3 Å². The van der Waals surface area contributed by atoms with Gasteiger partial charge in [0.1, 0.15) is 0 Å². The van der Waals surface area contributed by atoms with Gasteiger partial charge < -0.3 is 10.5 Å². The molecular formula is C12H20N2O4. The van der Waals surface area contributed by atoms with Crippen molar-refractivity contribution in [2.24, 2.45) is 17.1 Å². The molecule has 0 aromatic carbocycles. The Morgan fingerprint density at radius 3 is 2.44 bits per heavy atom. The molecule has 102 valence electrons. The lowest BCUT2D eigenvalue weighted by Gasteiger charge is -2.31. The fraction of sp³-hybridized carbons (Fsp3) is 0.750. The van der Waals surface area contributed by atoms with E-state index in [-0.39, 0.29) is 12.0 Å². The topological polar surface area (TPSA) is 89.7 Å². The summed E-state index contributed by atoms with van der Waals surface area (Å²) in [5.41, 5.74) is 5.10. The van der Waals surface area contributed by atoms with E-state index >= 15 is 0 Å². The van der Waals surface area contributed by atoms with E-state index in [1.807, 2.05) is 0 Å². The molecule has 0 saturated carbocycles. The molecule has 1 aliphatic heterocycles. The van der Waals surface area contributed by atoms with E-state index in [4.69, 9.17) is 5.73 Å². The Morgan fingerprint density at radius 1 is 1.44 bits per heavy atom. The molecule has 6 nitrogen and oxygen atoms in total. The van der Waals surface area contributed by atoms with Gasteiger partial charge in [0.05, 0.1) is 0 Å². The third-order valence-electron chi connectivity index (χ3n) is 3.79. The van der Waals surface area contributed by atoms with Crippen LogP contribution in [0.1, 0.15) is 34.1 Å². The Bertz CT molecular complexity index is 376. The van der Waals surface area contributed by atoms with E-state index in [1.54, 1.807) is 0 Å². The van der Waals surface area contributed by atoms with Crippen molar-refractivity contribution in [3.05, 3.63) is 0 Å². The fourth-order valence-electron chi connectivity index (χ4n) is 1.62. The third-order valence-corrected chi connectivity index (χ3v) is 3.79. The molecule has 6 heteroatoms. The average Bonchev–Trinajstić information content (AvgIpc) is 2.50. The SMILES string of the molecule is CC(C)C(C)(C)CCN1C(=O)OC(=O)C1C(N)=O. The first-order chi connectivity index (χ1) is 8.16. The number of carbonyl (C=O) groups is 3. The van der Waals surface area contributed by atoms with Gasteiger partial charge in [0.15, 0.2) is 0 Å². The van der Waals surface area contributed by atoms with Crippen LogP contribution in [0.2, 0.25) is 0 Å². The maximum Gasteiger partial charge on any atom is 0.418 e. The summed E-state index contributed by atoms with van der Waals surface area (Å²) in [6.45, 7) is 8.59. The van der Waals surface area contributed by atoms with E-state index in [9.17, 15) is 14.4 Å². The molecule has 2 amide bonds. The maximum atomic E-state index is 11.5. The molecule has 1 atom stereocenters. The van der Waals surface area contributed by atoms with Crippen LogP contribution in [-0.2, 0) is 14.3 Å². The number of primary amides is 1. The minimum absolute atomic E-state index is 0.00584. The first-order valence-electron chi connectivity index (χ1n) is 5.98. The number of ether oxygens (including phenoxy) is 1. The zero-order valence-electron chi connectivity index (χ0n) is 11.2. The van der Waals surface area contributed by atoms with Crippen LogP contribution in [0.4, 0.5) is 4.79 Å². The zero-order valence-corrected chi connectivity index (χ0v) is 11.2. The van der Waals surface area contributed by atoms with Crippen LogP contribution >= 0.6 is 0 Å². The summed E-state index contributed by atoms with van der Waals surface area (Å²) in [4.78, 5) is 35.0. The van der Waals surface area contributed by atoms with E-state index < -0.39 is 24.0 Å². The van der Waals surface area contributed by atoms with Gasteiger partial charge in [-0.1, -0.05) is 27.7 Å². The minimum Gasteiger partial charge on any atom is -0.374 e. The number of rotatable bonds is 5. The number of cyclic esters (lactones) is 2. The summed E-state index contributed by atoms with van der Waals surface area (Å²) in [5.74, 6) is -1.32. The van der Waals surface area contributed by atoms with Crippen LogP contribution in [0.5, 0.6) is 0 Å². The number of carbonyl (C=O) groups excluding carboxylic acids is 3. The van der Waals surface area contributed by atoms with Crippen molar-refractivity contribution in [3.63, 3.8) is 0 Å². The van der Waals surface area contributed by atoms with Crippen LogP contribution in [-0.4, -0.2) is 35.5 Å². The normalized spacial score (nSPS) is 20.5. The number of amides is 2. The number of nitrogens with zero attached hydrogens (tertiary/aromatic N) is 1. The highest BCUT2D eigenvalue weighted by atomic mass is 16.6. The first-order valence-corrected chi connectivity index (χ1v) is 5.98. The molecular weight excluding hydrogens is 236 g/mol. The summed E-state index contributed by atoms with van der Waals surface area (Å²) in [7, 11) is 0. The van der Waals surface area contributed by atoms with E-state index in [1.165, 1.54) is 0 Å². The average molecular weight is 256 g/mol. The van der Waals surface area contributed by atoms with Crippen molar-refractivity contribution in [2.45, 2.75) is 40.2 Å². The highest BCUT2D eigenvalue weighted by Crippen LogP contribution is 2.31. The predicted molar refractivity (Wildman–Crippen MR) is 64.4 cm³/mol. The molecule has 1 aliphatic rings. The van der Waals surface area contributed by atoms with Gasteiger partial charge >= 0.3 is 12.1 Å². The van der Waals surface area contributed by atoms with Crippen molar-refractivity contribution in [1.82, 2.24) is 4.90 Å². The van der Waals surface area contributed by atoms with Crippen LogP contribution in [0.25, 0.3) is 0 Å². The van der Waals surface area contributed by atoms with Gasteiger partial charge in [-0.3, -0.25) is 9.69 Å². The molecule has 1 fully saturated rings. The molecule has 0 spiro atoms. The van der Waals surface area contributed by atoms with Crippen molar-refractivity contribution in [1.29, 1.82) is 0 Å². The van der Waals surface area contributed by atoms with Gasteiger partial charge in [0, 0.05) is 6.54 Å². The van der Waals surface area contributed by atoms with Gasteiger partial charge in [-0.15, -0.1) is 0 Å². The number of esters is 1. The second kappa shape index (κ2) is 4.96. The monoisotopic (exact) mass is 256 g/mol. The quantitative estimate of drug-likeness (QED) is 0.584. The maximum absolute atomic E-state index is 11.5. The summed E-state index contributed by atoms with van der Waals surface area (Å²) in [6.07, 6.45) is -0.125. The van der Waals surface area contributed by atoms with Crippen molar-refractivity contribution in [2.75, 3.05) is 6.54 Å². The Hall–Kier alpha value is -1.59. The molecule has 18 heavy (non-hydrogen) atoms. The lowest BCUT2D eigenvalue weighted by molar-refractivity contribution is -0.139. The largest absolute Gasteiger partial charge is 0.418 e.